The lowest BCUT2D eigenvalue weighted by Gasteiger charge is -2.11. The van der Waals surface area contributed by atoms with Crippen LogP contribution in [0, 0.1) is 0 Å². The maximum atomic E-state index is 11.9. The summed E-state index contributed by atoms with van der Waals surface area (Å²) in [5.41, 5.74) is 0. The van der Waals surface area contributed by atoms with E-state index in [1.807, 2.05) is 0 Å². The van der Waals surface area contributed by atoms with Crippen molar-refractivity contribution in [1.82, 2.24) is 0 Å². The van der Waals surface area contributed by atoms with E-state index in [0.717, 1.165) is 0 Å². The molecule has 0 N–H and O–H groups in total. The van der Waals surface area contributed by atoms with Crippen LogP contribution in [0.5, 0.6) is 0 Å². The summed E-state index contributed by atoms with van der Waals surface area (Å²) >= 11 is 0. The van der Waals surface area contributed by atoms with Crippen LogP contribution >= 0.6 is 0 Å². The molecule has 9 heteroatoms. The van der Waals surface area contributed by atoms with E-state index < -0.39 is 30.7 Å². The van der Waals surface area contributed by atoms with Crippen LogP contribution in [0.1, 0.15) is 0 Å². The molecule has 82 valence electrons. The monoisotopic (exact) mass is 224 g/mol. The summed E-state index contributed by atoms with van der Waals surface area (Å²) in [5.74, 6) is -7.67. The highest BCUT2D eigenvalue weighted by Crippen LogP contribution is 2.20. The largest absolute Gasteiger partial charge is 0.490 e. The number of carbonyl (C=O) groups excluding carboxylic acids is 2. The molecule has 0 spiro atoms. The molecule has 0 fully saturated rings. The Morgan fingerprint density at radius 2 is 1.50 bits per heavy atom. The first kappa shape index (κ1) is 12.7. The fraction of sp³-hybridized carbons (Fsp3) is 0.600. The number of esters is 1. The lowest BCUT2D eigenvalue weighted by atomic mass is 10.4. The van der Waals surface area contributed by atoms with Crippen molar-refractivity contribution in [2.24, 2.45) is 0 Å². The zero-order chi connectivity index (χ0) is 11.6. The van der Waals surface area contributed by atoms with Gasteiger partial charge in [-0.1, -0.05) is 0 Å². The molecular formula is C5H2F6O3. The number of hydrogen-bond donors (Lipinski definition) is 0. The smallest absolute Gasteiger partial charge is 0.452 e. The maximum absolute atomic E-state index is 11.9. The van der Waals surface area contributed by atoms with Gasteiger partial charge in [0.1, 0.15) is 0 Å². The van der Waals surface area contributed by atoms with Crippen molar-refractivity contribution >= 4 is 12.0 Å². The van der Waals surface area contributed by atoms with Gasteiger partial charge in [0, 0.05) is 0 Å². The minimum absolute atomic E-state index is 2.28. The van der Waals surface area contributed by atoms with Crippen LogP contribution in [0.15, 0.2) is 0 Å². The number of alkyl halides is 5. The lowest BCUT2D eigenvalue weighted by molar-refractivity contribution is -0.208. The molecule has 0 aliphatic heterocycles. The molecule has 0 aliphatic carbocycles. The fourth-order valence-electron chi connectivity index (χ4n) is 0.295. The van der Waals surface area contributed by atoms with Crippen LogP contribution in [0.4, 0.5) is 26.3 Å². The van der Waals surface area contributed by atoms with Crippen LogP contribution in [0.2, 0.25) is 0 Å². The standard InChI is InChI=1S/C5H2F6O3/c6-2(12)4(7,8)1-14-3(13)5(9,10)11/h1H2. The molecular weight excluding hydrogens is 222 g/mol. The van der Waals surface area contributed by atoms with Gasteiger partial charge >= 0.3 is 24.1 Å². The molecule has 0 heterocycles. The first-order valence-corrected chi connectivity index (χ1v) is 2.89. The van der Waals surface area contributed by atoms with Crippen molar-refractivity contribution in [2.45, 2.75) is 12.1 Å². The van der Waals surface area contributed by atoms with Gasteiger partial charge in [-0.15, -0.1) is 0 Å². The highest BCUT2D eigenvalue weighted by molar-refractivity contribution is 5.78. The van der Waals surface area contributed by atoms with E-state index in [0.29, 0.717) is 0 Å². The third-order valence-electron chi connectivity index (χ3n) is 0.904. The molecule has 0 radical (unpaired) electrons. The highest BCUT2D eigenvalue weighted by atomic mass is 19.4. The van der Waals surface area contributed by atoms with Crippen LogP contribution in [-0.4, -0.2) is 30.7 Å². The fourth-order valence-corrected chi connectivity index (χ4v) is 0.295. The summed E-state index contributed by atoms with van der Waals surface area (Å²) in [6.45, 7) is -2.28. The molecule has 0 atom stereocenters. The average Bonchev–Trinajstić information content (AvgIpc) is 1.98. The molecule has 0 bridgehead atoms. The second-order valence-electron chi connectivity index (χ2n) is 2.05. The zero-order valence-electron chi connectivity index (χ0n) is 6.20. The van der Waals surface area contributed by atoms with Crippen molar-refractivity contribution in [3.8, 4) is 0 Å². The second-order valence-corrected chi connectivity index (χ2v) is 2.05. The number of rotatable bonds is 3. The number of hydrogen-bond acceptors (Lipinski definition) is 3. The van der Waals surface area contributed by atoms with Gasteiger partial charge in [0.15, 0.2) is 6.61 Å². The van der Waals surface area contributed by atoms with Crippen molar-refractivity contribution in [1.29, 1.82) is 0 Å². The van der Waals surface area contributed by atoms with Crippen LogP contribution in [0.3, 0.4) is 0 Å². The first-order valence-electron chi connectivity index (χ1n) is 2.89. The van der Waals surface area contributed by atoms with Gasteiger partial charge in [0.2, 0.25) is 0 Å². The van der Waals surface area contributed by atoms with Gasteiger partial charge in [0.05, 0.1) is 0 Å². The Balaban J connectivity index is 4.21. The Hall–Kier alpha value is -1.28. The summed E-state index contributed by atoms with van der Waals surface area (Å²) in [4.78, 5) is 19.3. The van der Waals surface area contributed by atoms with Gasteiger partial charge in [-0.05, 0) is 0 Å². The van der Waals surface area contributed by atoms with E-state index in [1.165, 1.54) is 0 Å². The van der Waals surface area contributed by atoms with Gasteiger partial charge in [0.25, 0.3) is 0 Å². The quantitative estimate of drug-likeness (QED) is 0.411. The minimum Gasteiger partial charge on any atom is -0.452 e. The van der Waals surface area contributed by atoms with E-state index in [2.05, 4.69) is 4.74 Å². The Bertz CT molecular complexity index is 244. The molecule has 0 aromatic carbocycles. The van der Waals surface area contributed by atoms with E-state index in [9.17, 15) is 35.9 Å². The molecule has 0 aromatic heterocycles. The Labute approximate surface area is 72.6 Å². The minimum atomic E-state index is -5.46. The Morgan fingerprint density at radius 1 is 1.07 bits per heavy atom. The molecule has 14 heavy (non-hydrogen) atoms. The van der Waals surface area contributed by atoms with E-state index in [-0.39, 0.29) is 0 Å². The van der Waals surface area contributed by atoms with Crippen molar-refractivity contribution < 1.29 is 40.7 Å². The topological polar surface area (TPSA) is 43.4 Å². The molecule has 0 amide bonds. The average molecular weight is 224 g/mol. The third-order valence-corrected chi connectivity index (χ3v) is 0.904. The molecule has 0 aliphatic rings. The van der Waals surface area contributed by atoms with Gasteiger partial charge in [-0.25, -0.2) is 4.79 Å². The number of halogens is 6. The maximum Gasteiger partial charge on any atom is 0.490 e. The number of ether oxygens (including phenoxy) is 1. The summed E-state index contributed by atoms with van der Waals surface area (Å²) in [6.07, 6.45) is -5.46. The summed E-state index contributed by atoms with van der Waals surface area (Å²) in [6, 6.07) is -3.17. The molecule has 0 aromatic rings. The van der Waals surface area contributed by atoms with E-state index in [4.69, 9.17) is 0 Å². The van der Waals surface area contributed by atoms with Crippen LogP contribution in [0.25, 0.3) is 0 Å². The van der Waals surface area contributed by atoms with Crippen molar-refractivity contribution in [3.05, 3.63) is 0 Å². The molecule has 0 saturated heterocycles. The lowest BCUT2D eigenvalue weighted by Crippen LogP contribution is -2.35. The van der Waals surface area contributed by atoms with E-state index in [1.54, 1.807) is 0 Å². The highest BCUT2D eigenvalue weighted by Gasteiger charge is 2.46. The predicted octanol–water partition coefficient (Wildman–Crippen LogP) is 1.22. The molecule has 0 rings (SSSR count). The van der Waals surface area contributed by atoms with Crippen LogP contribution in [-0.2, 0) is 14.3 Å². The Morgan fingerprint density at radius 3 is 1.79 bits per heavy atom. The van der Waals surface area contributed by atoms with Gasteiger partial charge < -0.3 is 4.74 Å². The van der Waals surface area contributed by atoms with Gasteiger partial charge in [-0.3, -0.25) is 4.79 Å². The summed E-state index contributed by atoms with van der Waals surface area (Å²) < 4.78 is 72.2. The molecule has 0 unspecified atom stereocenters. The third kappa shape index (κ3) is 3.62. The number of carbonyl (C=O) groups is 2. The van der Waals surface area contributed by atoms with Crippen molar-refractivity contribution in [3.63, 3.8) is 0 Å². The normalized spacial score (nSPS) is 12.4. The van der Waals surface area contributed by atoms with Crippen molar-refractivity contribution in [2.75, 3.05) is 6.61 Å². The zero-order valence-corrected chi connectivity index (χ0v) is 6.20. The van der Waals surface area contributed by atoms with Gasteiger partial charge in [-0.2, -0.15) is 26.3 Å². The second kappa shape index (κ2) is 3.84. The summed E-state index contributed by atoms with van der Waals surface area (Å²) in [7, 11) is 0. The summed E-state index contributed by atoms with van der Waals surface area (Å²) in [5, 5.41) is 0. The van der Waals surface area contributed by atoms with E-state index >= 15 is 0 Å². The Kier molecular flexibility index (Phi) is 3.49. The SMILES string of the molecule is O=C(OCC(F)(F)C(=O)F)C(F)(F)F. The molecule has 3 nitrogen and oxygen atoms in total. The predicted molar refractivity (Wildman–Crippen MR) is 28.1 cm³/mol. The first-order chi connectivity index (χ1) is 6.07. The molecule has 0 saturated carbocycles. The van der Waals surface area contributed by atoms with Crippen LogP contribution < -0.4 is 0 Å².